The van der Waals surface area contributed by atoms with Crippen molar-refractivity contribution in [2.45, 2.75) is 19.8 Å². The third-order valence-electron chi connectivity index (χ3n) is 3.94. The Morgan fingerprint density at radius 1 is 1.15 bits per heavy atom. The first-order valence-electron chi connectivity index (χ1n) is 6.87. The van der Waals surface area contributed by atoms with Crippen LogP contribution in [0.15, 0.2) is 42.5 Å². The maximum atomic E-state index is 12.4. The maximum Gasteiger partial charge on any atom is 0.228 e. The summed E-state index contributed by atoms with van der Waals surface area (Å²) in [5.74, 6) is 0.100. The fourth-order valence-electron chi connectivity index (χ4n) is 2.75. The lowest BCUT2D eigenvalue weighted by Gasteiger charge is -2.13. The van der Waals surface area contributed by atoms with Crippen LogP contribution in [0.2, 0.25) is 0 Å². The van der Waals surface area contributed by atoms with Gasteiger partial charge in [0.15, 0.2) is 0 Å². The molecule has 2 aromatic carbocycles. The Morgan fingerprint density at radius 3 is 2.45 bits per heavy atom. The van der Waals surface area contributed by atoms with E-state index in [4.69, 9.17) is 5.73 Å². The van der Waals surface area contributed by atoms with Gasteiger partial charge in [0.2, 0.25) is 5.91 Å². The lowest BCUT2D eigenvalue weighted by molar-refractivity contribution is -0.119. The molecule has 1 amide bonds. The highest BCUT2D eigenvalue weighted by atomic mass is 16.1. The second-order valence-corrected chi connectivity index (χ2v) is 5.44. The Hall–Kier alpha value is -2.29. The van der Waals surface area contributed by atoms with Gasteiger partial charge in [0.25, 0.3) is 0 Å². The number of rotatable bonds is 2. The molecule has 3 N–H and O–H groups in total. The summed E-state index contributed by atoms with van der Waals surface area (Å²) in [6.45, 7) is 1.97. The Kier molecular flexibility index (Phi) is 3.18. The largest absolute Gasteiger partial charge is 0.399 e. The quantitative estimate of drug-likeness (QED) is 0.821. The van der Waals surface area contributed by atoms with Gasteiger partial charge >= 0.3 is 0 Å². The Balaban J connectivity index is 1.74. The molecule has 0 fully saturated rings. The van der Waals surface area contributed by atoms with Crippen molar-refractivity contribution in [3.05, 3.63) is 59.2 Å². The highest BCUT2D eigenvalue weighted by Crippen LogP contribution is 2.28. The van der Waals surface area contributed by atoms with E-state index in [0.717, 1.165) is 24.1 Å². The van der Waals surface area contributed by atoms with Crippen LogP contribution in [0.5, 0.6) is 0 Å². The van der Waals surface area contributed by atoms with E-state index in [1.54, 1.807) is 0 Å². The fraction of sp³-hybridized carbons (Fsp3) is 0.235. The summed E-state index contributed by atoms with van der Waals surface area (Å²) in [6, 6.07) is 13.9. The molecule has 20 heavy (non-hydrogen) atoms. The fourth-order valence-corrected chi connectivity index (χ4v) is 2.75. The average Bonchev–Trinajstić information content (AvgIpc) is 2.87. The Labute approximate surface area is 118 Å². The van der Waals surface area contributed by atoms with E-state index in [2.05, 4.69) is 17.4 Å². The monoisotopic (exact) mass is 266 g/mol. The van der Waals surface area contributed by atoms with Crippen LogP contribution in [0.25, 0.3) is 0 Å². The molecule has 1 aliphatic carbocycles. The molecule has 1 aliphatic rings. The van der Waals surface area contributed by atoms with Crippen molar-refractivity contribution in [2.75, 3.05) is 11.1 Å². The minimum atomic E-state index is 0.0215. The van der Waals surface area contributed by atoms with Gasteiger partial charge in [0, 0.05) is 17.3 Å². The van der Waals surface area contributed by atoms with E-state index in [9.17, 15) is 4.79 Å². The second-order valence-electron chi connectivity index (χ2n) is 5.44. The van der Waals surface area contributed by atoms with Gasteiger partial charge in [0.05, 0.1) is 0 Å². The maximum absolute atomic E-state index is 12.4. The van der Waals surface area contributed by atoms with E-state index in [1.165, 1.54) is 11.1 Å². The van der Waals surface area contributed by atoms with Crippen LogP contribution in [0.1, 0.15) is 16.7 Å². The number of anilines is 2. The molecule has 0 unspecified atom stereocenters. The standard InChI is InChI=1S/C17H18N2O/c1-11-6-7-15(18)10-16(11)19-17(20)14-8-12-4-2-3-5-13(12)9-14/h2-7,10,14H,8-9,18H2,1H3,(H,19,20). The Bertz CT molecular complexity index is 639. The third-order valence-corrected chi connectivity index (χ3v) is 3.94. The predicted molar refractivity (Wildman–Crippen MR) is 81.6 cm³/mol. The number of hydrogen-bond acceptors (Lipinski definition) is 2. The minimum absolute atomic E-state index is 0.0215. The smallest absolute Gasteiger partial charge is 0.228 e. The van der Waals surface area contributed by atoms with Crippen LogP contribution in [-0.4, -0.2) is 5.91 Å². The van der Waals surface area contributed by atoms with Crippen molar-refractivity contribution in [3.8, 4) is 0 Å². The first-order valence-corrected chi connectivity index (χ1v) is 6.87. The lowest BCUT2D eigenvalue weighted by atomic mass is 10.0. The van der Waals surface area contributed by atoms with Gasteiger partial charge in [-0.25, -0.2) is 0 Å². The lowest BCUT2D eigenvalue weighted by Crippen LogP contribution is -2.23. The van der Waals surface area contributed by atoms with E-state index in [1.807, 2.05) is 37.3 Å². The molecule has 0 aliphatic heterocycles. The van der Waals surface area contributed by atoms with Crippen molar-refractivity contribution < 1.29 is 4.79 Å². The molecule has 0 radical (unpaired) electrons. The van der Waals surface area contributed by atoms with Gasteiger partial charge < -0.3 is 11.1 Å². The van der Waals surface area contributed by atoms with Gasteiger partial charge in [-0.05, 0) is 48.6 Å². The van der Waals surface area contributed by atoms with Crippen LogP contribution in [0.4, 0.5) is 11.4 Å². The van der Waals surface area contributed by atoms with Crippen LogP contribution in [0, 0.1) is 12.8 Å². The normalized spacial score (nSPS) is 14.1. The van der Waals surface area contributed by atoms with E-state index in [-0.39, 0.29) is 11.8 Å². The molecule has 3 nitrogen and oxygen atoms in total. The molecule has 0 bridgehead atoms. The molecule has 0 saturated heterocycles. The molecule has 0 heterocycles. The minimum Gasteiger partial charge on any atom is -0.399 e. The van der Waals surface area contributed by atoms with Crippen molar-refractivity contribution in [1.82, 2.24) is 0 Å². The molecular formula is C17H18N2O. The number of nitrogens with one attached hydrogen (secondary N) is 1. The topological polar surface area (TPSA) is 55.1 Å². The van der Waals surface area contributed by atoms with Gasteiger partial charge in [-0.15, -0.1) is 0 Å². The number of carbonyl (C=O) groups is 1. The summed E-state index contributed by atoms with van der Waals surface area (Å²) in [7, 11) is 0. The van der Waals surface area contributed by atoms with Crippen LogP contribution in [0.3, 0.4) is 0 Å². The molecule has 0 saturated carbocycles. The van der Waals surface area contributed by atoms with Crippen LogP contribution < -0.4 is 11.1 Å². The summed E-state index contributed by atoms with van der Waals surface area (Å²) in [5.41, 5.74) is 10.9. The number of nitrogens with two attached hydrogens (primary N) is 1. The highest BCUT2D eigenvalue weighted by Gasteiger charge is 2.27. The summed E-state index contributed by atoms with van der Waals surface area (Å²) >= 11 is 0. The molecule has 3 rings (SSSR count). The van der Waals surface area contributed by atoms with E-state index in [0.29, 0.717) is 5.69 Å². The summed E-state index contributed by atoms with van der Waals surface area (Å²) < 4.78 is 0. The SMILES string of the molecule is Cc1ccc(N)cc1NC(=O)C1Cc2ccccc2C1. The third kappa shape index (κ3) is 2.39. The number of amides is 1. The first-order chi connectivity index (χ1) is 9.63. The molecular weight excluding hydrogens is 248 g/mol. The summed E-state index contributed by atoms with van der Waals surface area (Å²) in [4.78, 5) is 12.4. The van der Waals surface area contributed by atoms with Gasteiger partial charge in [0.1, 0.15) is 0 Å². The van der Waals surface area contributed by atoms with Crippen molar-refractivity contribution in [3.63, 3.8) is 0 Å². The van der Waals surface area contributed by atoms with E-state index < -0.39 is 0 Å². The average molecular weight is 266 g/mol. The van der Waals surface area contributed by atoms with Crippen molar-refractivity contribution in [2.24, 2.45) is 5.92 Å². The molecule has 0 atom stereocenters. The van der Waals surface area contributed by atoms with Gasteiger partial charge in [-0.1, -0.05) is 30.3 Å². The molecule has 3 heteroatoms. The first kappa shape index (κ1) is 12.7. The van der Waals surface area contributed by atoms with Crippen molar-refractivity contribution in [1.29, 1.82) is 0 Å². The van der Waals surface area contributed by atoms with Crippen molar-refractivity contribution >= 4 is 17.3 Å². The number of benzene rings is 2. The predicted octanol–water partition coefficient (Wildman–Crippen LogP) is 2.93. The number of aryl methyl sites for hydroxylation is 1. The van der Waals surface area contributed by atoms with E-state index >= 15 is 0 Å². The molecule has 0 spiro atoms. The summed E-state index contributed by atoms with van der Waals surface area (Å²) in [5, 5.41) is 3.01. The molecule has 102 valence electrons. The number of carbonyl (C=O) groups excluding carboxylic acids is 1. The van der Waals surface area contributed by atoms with Crippen LogP contribution in [-0.2, 0) is 17.6 Å². The second kappa shape index (κ2) is 5.00. The Morgan fingerprint density at radius 2 is 1.80 bits per heavy atom. The zero-order valence-electron chi connectivity index (χ0n) is 11.5. The number of fused-ring (bicyclic) bond motifs is 1. The number of nitrogen functional groups attached to an aromatic ring is 1. The molecule has 0 aromatic heterocycles. The van der Waals surface area contributed by atoms with Gasteiger partial charge in [-0.2, -0.15) is 0 Å². The highest BCUT2D eigenvalue weighted by molar-refractivity contribution is 5.94. The summed E-state index contributed by atoms with van der Waals surface area (Å²) in [6.07, 6.45) is 1.65. The van der Waals surface area contributed by atoms with Crippen LogP contribution >= 0.6 is 0 Å². The number of hydrogen-bond donors (Lipinski definition) is 2. The zero-order chi connectivity index (χ0) is 14.1. The zero-order valence-corrected chi connectivity index (χ0v) is 11.5. The van der Waals surface area contributed by atoms with Gasteiger partial charge in [-0.3, -0.25) is 4.79 Å². The molecule has 2 aromatic rings.